The highest BCUT2D eigenvalue weighted by atomic mass is 32.2. The maximum Gasteiger partial charge on any atom is 0.407 e. The van der Waals surface area contributed by atoms with E-state index in [4.69, 9.17) is 4.74 Å². The lowest BCUT2D eigenvalue weighted by molar-refractivity contribution is 0.0491. The summed E-state index contributed by atoms with van der Waals surface area (Å²) in [7, 11) is -3.95. The van der Waals surface area contributed by atoms with E-state index in [0.29, 0.717) is 17.8 Å². The number of benzene rings is 2. The van der Waals surface area contributed by atoms with Gasteiger partial charge in [0.15, 0.2) is 0 Å². The van der Waals surface area contributed by atoms with E-state index < -0.39 is 33.3 Å². The van der Waals surface area contributed by atoms with Crippen LogP contribution >= 0.6 is 11.3 Å². The van der Waals surface area contributed by atoms with E-state index in [-0.39, 0.29) is 16.9 Å². The Morgan fingerprint density at radius 3 is 2.30 bits per heavy atom. The number of alkyl carbamates (subject to hydrolysis) is 1. The molecule has 0 unspecified atom stereocenters. The van der Waals surface area contributed by atoms with Crippen molar-refractivity contribution in [3.63, 3.8) is 0 Å². The number of rotatable bonds is 8. The van der Waals surface area contributed by atoms with Crippen molar-refractivity contribution in [3.8, 4) is 10.4 Å². The largest absolute Gasteiger partial charge is 0.444 e. The fourth-order valence-electron chi connectivity index (χ4n) is 5.00. The van der Waals surface area contributed by atoms with Gasteiger partial charge < -0.3 is 20.7 Å². The molecule has 3 amide bonds. The minimum atomic E-state index is -3.95. The predicted octanol–water partition coefficient (Wildman–Crippen LogP) is 6.76. The molecule has 1 fully saturated rings. The Hall–Kier alpha value is -3.48. The Morgan fingerprint density at radius 1 is 0.977 bits per heavy atom. The number of thiazole rings is 1. The summed E-state index contributed by atoms with van der Waals surface area (Å²) in [6.07, 6.45) is 4.63. The average molecular weight is 642 g/mol. The molecule has 0 atom stereocenters. The molecule has 1 saturated carbocycles. The maximum atomic E-state index is 13.6. The number of nitrogens with one attached hydrogen (secondary N) is 4. The van der Waals surface area contributed by atoms with Crippen LogP contribution in [0.15, 0.2) is 59.6 Å². The van der Waals surface area contributed by atoms with Gasteiger partial charge in [-0.3, -0.25) is 0 Å². The molecular formula is C32H43N5O5S2. The van der Waals surface area contributed by atoms with Gasteiger partial charge in [0.25, 0.3) is 0 Å². The summed E-state index contributed by atoms with van der Waals surface area (Å²) in [6, 6.07) is 14.0. The number of aromatic nitrogens is 1. The summed E-state index contributed by atoms with van der Waals surface area (Å²) in [5.41, 5.74) is 0.563. The molecule has 44 heavy (non-hydrogen) atoms. The molecule has 4 rings (SSSR count). The number of sulfonamides is 1. The lowest BCUT2D eigenvalue weighted by atomic mass is 9.86. The Bertz CT molecular complexity index is 1550. The minimum absolute atomic E-state index is 0.0469. The quantitative estimate of drug-likeness (QED) is 0.214. The lowest BCUT2D eigenvalue weighted by Crippen LogP contribution is -2.40. The highest BCUT2D eigenvalue weighted by Crippen LogP contribution is 2.40. The van der Waals surface area contributed by atoms with E-state index in [1.807, 2.05) is 51.1 Å². The monoisotopic (exact) mass is 641 g/mol. The van der Waals surface area contributed by atoms with Crippen LogP contribution in [-0.4, -0.2) is 42.7 Å². The third-order valence-electron chi connectivity index (χ3n) is 6.85. The number of amides is 3. The number of carbonyl (C=O) groups is 2. The smallest absolute Gasteiger partial charge is 0.407 e. The normalized spacial score (nSPS) is 17.5. The topological polar surface area (TPSA) is 139 Å². The Kier molecular flexibility index (Phi) is 10.4. The van der Waals surface area contributed by atoms with Gasteiger partial charge in [-0.2, -0.15) is 0 Å². The van der Waals surface area contributed by atoms with E-state index in [9.17, 15) is 18.0 Å². The van der Waals surface area contributed by atoms with Gasteiger partial charge >= 0.3 is 12.1 Å². The molecule has 10 nitrogen and oxygen atoms in total. The molecule has 1 heterocycles. The molecule has 0 aliphatic heterocycles. The molecule has 3 aromatic rings. The van der Waals surface area contributed by atoms with E-state index >= 15 is 0 Å². The van der Waals surface area contributed by atoms with E-state index in [0.717, 1.165) is 41.1 Å². The van der Waals surface area contributed by atoms with Crippen LogP contribution in [-0.2, 0) is 21.3 Å². The van der Waals surface area contributed by atoms with Gasteiger partial charge in [0, 0.05) is 41.5 Å². The van der Waals surface area contributed by atoms with Gasteiger partial charge in [0.05, 0.1) is 14.8 Å². The lowest BCUT2D eigenvalue weighted by Gasteiger charge is -2.29. The zero-order valence-electron chi connectivity index (χ0n) is 26.2. The second-order valence-corrected chi connectivity index (χ2v) is 15.8. The molecule has 1 aliphatic carbocycles. The molecule has 0 spiro atoms. The molecule has 0 saturated heterocycles. The zero-order chi connectivity index (χ0) is 32.1. The summed E-state index contributed by atoms with van der Waals surface area (Å²) in [5.74, 6) is 0.215. The number of hydrogen-bond acceptors (Lipinski definition) is 7. The van der Waals surface area contributed by atoms with Crippen LogP contribution in [0, 0.1) is 0 Å². The number of hydrogen-bond donors (Lipinski definition) is 4. The highest BCUT2D eigenvalue weighted by molar-refractivity contribution is 7.89. The summed E-state index contributed by atoms with van der Waals surface area (Å²) in [4.78, 5) is 30.3. The standard InChI is InChI=1S/C32H43N5O5S2/c1-31(2,3)37-44(40,41)27-18-24(35-29(38)34-19-21-10-8-7-9-11-21)16-17-25(27)26-20-33-28(43-26)22-12-14-23(15-13-22)36-30(39)42-32(4,5)6/h7-11,16-18,20,22-23,37H,12-15,19H2,1-6H3,(H,36,39)(H2,34,35,38). The van der Waals surface area contributed by atoms with Gasteiger partial charge in [-0.15, -0.1) is 11.3 Å². The van der Waals surface area contributed by atoms with E-state index in [1.54, 1.807) is 39.1 Å². The van der Waals surface area contributed by atoms with Crippen molar-refractivity contribution in [2.24, 2.45) is 0 Å². The summed E-state index contributed by atoms with van der Waals surface area (Å²) >= 11 is 1.47. The van der Waals surface area contributed by atoms with Gasteiger partial charge in [-0.1, -0.05) is 36.4 Å². The van der Waals surface area contributed by atoms with Gasteiger partial charge in [-0.25, -0.2) is 27.7 Å². The summed E-state index contributed by atoms with van der Waals surface area (Å²) in [5, 5.41) is 9.46. The second-order valence-electron chi connectivity index (χ2n) is 13.1. The SMILES string of the molecule is CC(C)(C)NS(=O)(=O)c1cc(NC(=O)NCc2ccccc2)ccc1-c1cnc(C2CCC(NC(=O)OC(C)(C)C)CC2)s1. The van der Waals surface area contributed by atoms with Gasteiger partial charge in [-0.05, 0) is 84.9 Å². The Balaban J connectivity index is 1.49. The Morgan fingerprint density at radius 2 is 1.66 bits per heavy atom. The summed E-state index contributed by atoms with van der Waals surface area (Å²) in [6.45, 7) is 11.2. The molecule has 238 valence electrons. The van der Waals surface area contributed by atoms with Crippen molar-refractivity contribution in [2.75, 3.05) is 5.32 Å². The second kappa shape index (κ2) is 13.7. The predicted molar refractivity (Wildman–Crippen MR) is 174 cm³/mol. The molecule has 2 aromatic carbocycles. The van der Waals surface area contributed by atoms with Crippen molar-refractivity contribution in [1.29, 1.82) is 0 Å². The number of nitrogens with zero attached hydrogens (tertiary/aromatic N) is 1. The highest BCUT2D eigenvalue weighted by Gasteiger charge is 2.29. The van der Waals surface area contributed by atoms with Crippen molar-refractivity contribution in [1.82, 2.24) is 20.3 Å². The van der Waals surface area contributed by atoms with Crippen LogP contribution < -0.4 is 20.7 Å². The molecule has 12 heteroatoms. The molecule has 0 bridgehead atoms. The first kappa shape index (κ1) is 33.4. The molecule has 1 aliphatic rings. The maximum absolute atomic E-state index is 13.6. The van der Waals surface area contributed by atoms with Crippen molar-refractivity contribution in [2.45, 2.75) is 102 Å². The number of anilines is 1. The van der Waals surface area contributed by atoms with Crippen LogP contribution in [0.5, 0.6) is 0 Å². The van der Waals surface area contributed by atoms with Crippen LogP contribution in [0.1, 0.15) is 83.7 Å². The number of ether oxygens (including phenoxy) is 1. The van der Waals surface area contributed by atoms with Crippen LogP contribution in [0.25, 0.3) is 10.4 Å². The van der Waals surface area contributed by atoms with Crippen molar-refractivity contribution >= 4 is 39.2 Å². The Labute approximate surface area is 264 Å². The van der Waals surface area contributed by atoms with Crippen LogP contribution in [0.3, 0.4) is 0 Å². The fraction of sp³-hybridized carbons (Fsp3) is 0.469. The van der Waals surface area contributed by atoms with E-state index in [2.05, 4.69) is 25.7 Å². The van der Waals surface area contributed by atoms with Gasteiger partial charge in [0.1, 0.15) is 5.60 Å². The third kappa shape index (κ3) is 9.76. The van der Waals surface area contributed by atoms with Crippen molar-refractivity contribution in [3.05, 3.63) is 65.3 Å². The first-order valence-electron chi connectivity index (χ1n) is 14.8. The first-order valence-corrected chi connectivity index (χ1v) is 17.1. The number of carbonyl (C=O) groups excluding carboxylic acids is 2. The molecule has 0 radical (unpaired) electrons. The van der Waals surface area contributed by atoms with Crippen LogP contribution in [0.4, 0.5) is 15.3 Å². The molecule has 4 N–H and O–H groups in total. The zero-order valence-corrected chi connectivity index (χ0v) is 27.8. The van der Waals surface area contributed by atoms with Gasteiger partial charge in [0.2, 0.25) is 10.0 Å². The molecular weight excluding hydrogens is 599 g/mol. The number of urea groups is 1. The van der Waals surface area contributed by atoms with Crippen LogP contribution in [0.2, 0.25) is 0 Å². The first-order chi connectivity index (χ1) is 20.6. The fourth-order valence-corrected chi connectivity index (χ4v) is 7.85. The average Bonchev–Trinajstić information content (AvgIpc) is 3.41. The van der Waals surface area contributed by atoms with E-state index in [1.165, 1.54) is 17.4 Å². The third-order valence-corrected chi connectivity index (χ3v) is 9.84. The minimum Gasteiger partial charge on any atom is -0.444 e. The van der Waals surface area contributed by atoms with Crippen molar-refractivity contribution < 1.29 is 22.7 Å². The molecule has 1 aromatic heterocycles. The summed E-state index contributed by atoms with van der Waals surface area (Å²) < 4.78 is 35.3.